The number of anilines is 1. The number of hydrogen-bond acceptors (Lipinski definition) is 3. The number of carbonyl (C=O) groups excluding carboxylic acids is 1. The monoisotopic (exact) mass is 411 g/mol. The molecule has 31 heavy (non-hydrogen) atoms. The van der Waals surface area contributed by atoms with Crippen LogP contribution in [0, 0.1) is 6.92 Å². The second-order valence-corrected chi connectivity index (χ2v) is 7.44. The van der Waals surface area contributed by atoms with Gasteiger partial charge < -0.3 is 14.6 Å². The van der Waals surface area contributed by atoms with Crippen molar-refractivity contribution in [2.24, 2.45) is 0 Å². The highest BCUT2D eigenvalue weighted by atomic mass is 16.5. The number of amides is 1. The Kier molecular flexibility index (Phi) is 6.13. The summed E-state index contributed by atoms with van der Waals surface area (Å²) in [5, 5.41) is 2.91. The minimum atomic E-state index is -0.615. The molecule has 3 aromatic carbocycles. The van der Waals surface area contributed by atoms with Crippen molar-refractivity contribution in [1.29, 1.82) is 0 Å². The summed E-state index contributed by atoms with van der Waals surface area (Å²) in [5.41, 5.74) is 4.13. The number of hydrogen-bond donors (Lipinski definition) is 1. The summed E-state index contributed by atoms with van der Waals surface area (Å²) < 4.78 is 7.90. The molecule has 0 saturated carbocycles. The first-order valence-corrected chi connectivity index (χ1v) is 10.3. The zero-order chi connectivity index (χ0) is 21.6. The molecule has 0 radical (unpaired) electrons. The van der Waals surface area contributed by atoms with Crippen LogP contribution in [0.4, 0.5) is 5.69 Å². The SMILES string of the molecule is Cc1nccn1Cc1ccc(NC(=O)C(C)Oc2ccc(-c3ccccc3)cc2)cc1. The van der Waals surface area contributed by atoms with Gasteiger partial charge in [-0.3, -0.25) is 4.79 Å². The van der Waals surface area contributed by atoms with E-state index in [1.807, 2.05) is 79.9 Å². The molecule has 1 unspecified atom stereocenters. The molecular weight excluding hydrogens is 386 g/mol. The number of nitrogens with zero attached hydrogens (tertiary/aromatic N) is 2. The van der Waals surface area contributed by atoms with Crippen LogP contribution in [0.2, 0.25) is 0 Å². The Morgan fingerprint density at radius 2 is 1.65 bits per heavy atom. The molecular formula is C26H25N3O2. The van der Waals surface area contributed by atoms with Crippen LogP contribution in [0.1, 0.15) is 18.3 Å². The quantitative estimate of drug-likeness (QED) is 0.448. The van der Waals surface area contributed by atoms with Crippen molar-refractivity contribution in [2.45, 2.75) is 26.5 Å². The zero-order valence-electron chi connectivity index (χ0n) is 17.7. The van der Waals surface area contributed by atoms with E-state index in [0.717, 1.165) is 34.7 Å². The second kappa shape index (κ2) is 9.30. The van der Waals surface area contributed by atoms with Crippen LogP contribution in [-0.4, -0.2) is 21.6 Å². The minimum absolute atomic E-state index is 0.190. The Morgan fingerprint density at radius 1 is 0.968 bits per heavy atom. The molecule has 5 heteroatoms. The van der Waals surface area contributed by atoms with Crippen molar-refractivity contribution in [3.63, 3.8) is 0 Å². The van der Waals surface area contributed by atoms with Gasteiger partial charge in [-0.1, -0.05) is 54.6 Å². The average Bonchev–Trinajstić information content (AvgIpc) is 3.20. The second-order valence-electron chi connectivity index (χ2n) is 7.44. The molecule has 4 aromatic rings. The van der Waals surface area contributed by atoms with Gasteiger partial charge in [-0.15, -0.1) is 0 Å². The summed E-state index contributed by atoms with van der Waals surface area (Å²) in [6.45, 7) is 4.47. The van der Waals surface area contributed by atoms with E-state index in [0.29, 0.717) is 5.75 Å². The maximum absolute atomic E-state index is 12.5. The predicted molar refractivity (Wildman–Crippen MR) is 123 cm³/mol. The number of rotatable bonds is 7. The van der Waals surface area contributed by atoms with E-state index >= 15 is 0 Å². The van der Waals surface area contributed by atoms with Gasteiger partial charge in [0.1, 0.15) is 11.6 Å². The maximum Gasteiger partial charge on any atom is 0.265 e. The number of nitrogens with one attached hydrogen (secondary N) is 1. The largest absolute Gasteiger partial charge is 0.481 e. The number of imidazole rings is 1. The predicted octanol–water partition coefficient (Wildman–Crippen LogP) is 5.31. The van der Waals surface area contributed by atoms with Gasteiger partial charge >= 0.3 is 0 Å². The number of benzene rings is 3. The zero-order valence-corrected chi connectivity index (χ0v) is 17.7. The molecule has 0 bridgehead atoms. The van der Waals surface area contributed by atoms with E-state index in [1.165, 1.54) is 0 Å². The topological polar surface area (TPSA) is 56.2 Å². The van der Waals surface area contributed by atoms with Gasteiger partial charge in [0.2, 0.25) is 0 Å². The third-order valence-corrected chi connectivity index (χ3v) is 5.14. The lowest BCUT2D eigenvalue weighted by Crippen LogP contribution is -2.30. The third kappa shape index (κ3) is 5.20. The Bertz CT molecular complexity index is 1130. The smallest absolute Gasteiger partial charge is 0.265 e. The van der Waals surface area contributed by atoms with Crippen LogP contribution in [0.5, 0.6) is 5.75 Å². The van der Waals surface area contributed by atoms with Gasteiger partial charge in [-0.25, -0.2) is 4.98 Å². The van der Waals surface area contributed by atoms with Crippen molar-refractivity contribution in [2.75, 3.05) is 5.32 Å². The van der Waals surface area contributed by atoms with Crippen LogP contribution in [0.15, 0.2) is 91.3 Å². The van der Waals surface area contributed by atoms with E-state index < -0.39 is 6.10 Å². The van der Waals surface area contributed by atoms with Gasteiger partial charge in [0, 0.05) is 24.6 Å². The fourth-order valence-electron chi connectivity index (χ4n) is 3.32. The van der Waals surface area contributed by atoms with Gasteiger partial charge in [0.05, 0.1) is 0 Å². The summed E-state index contributed by atoms with van der Waals surface area (Å²) in [4.78, 5) is 16.8. The molecule has 0 saturated heterocycles. The Hall–Kier alpha value is -3.86. The number of aromatic nitrogens is 2. The van der Waals surface area contributed by atoms with E-state index in [2.05, 4.69) is 27.0 Å². The van der Waals surface area contributed by atoms with Gasteiger partial charge in [-0.05, 0) is 54.8 Å². The van der Waals surface area contributed by atoms with Gasteiger partial charge in [0.25, 0.3) is 5.91 Å². The van der Waals surface area contributed by atoms with Gasteiger partial charge in [0.15, 0.2) is 6.10 Å². The average molecular weight is 412 g/mol. The standard InChI is InChI=1S/C26H25N3O2/c1-19(31-25-14-10-23(11-15-25)22-6-4-3-5-7-22)26(30)28-24-12-8-21(9-13-24)18-29-17-16-27-20(29)2/h3-17,19H,18H2,1-2H3,(H,28,30). The van der Waals surface area contributed by atoms with Crippen LogP contribution < -0.4 is 10.1 Å². The summed E-state index contributed by atoms with van der Waals surface area (Å²) in [6, 6.07) is 25.7. The van der Waals surface area contributed by atoms with Crippen LogP contribution >= 0.6 is 0 Å². The third-order valence-electron chi connectivity index (χ3n) is 5.14. The molecule has 5 nitrogen and oxygen atoms in total. The molecule has 1 atom stereocenters. The highest BCUT2D eigenvalue weighted by molar-refractivity contribution is 5.94. The molecule has 156 valence electrons. The molecule has 4 rings (SSSR count). The molecule has 1 heterocycles. The molecule has 1 amide bonds. The highest BCUT2D eigenvalue weighted by Crippen LogP contribution is 2.23. The Labute approximate surface area is 182 Å². The fourth-order valence-corrected chi connectivity index (χ4v) is 3.32. The van der Waals surface area contributed by atoms with E-state index in [4.69, 9.17) is 4.74 Å². The van der Waals surface area contributed by atoms with E-state index in [9.17, 15) is 4.79 Å². The lowest BCUT2D eigenvalue weighted by molar-refractivity contribution is -0.122. The van der Waals surface area contributed by atoms with Crippen molar-refractivity contribution < 1.29 is 9.53 Å². The van der Waals surface area contributed by atoms with Crippen LogP contribution in [0.25, 0.3) is 11.1 Å². The highest BCUT2D eigenvalue weighted by Gasteiger charge is 2.15. The molecule has 0 aliphatic carbocycles. The summed E-state index contributed by atoms with van der Waals surface area (Å²) in [5.74, 6) is 1.44. The molecule has 0 fully saturated rings. The van der Waals surface area contributed by atoms with Crippen molar-refractivity contribution in [3.8, 4) is 16.9 Å². The number of ether oxygens (including phenoxy) is 1. The fraction of sp³-hybridized carbons (Fsp3) is 0.154. The Balaban J connectivity index is 1.32. The molecule has 0 aliphatic rings. The first-order valence-electron chi connectivity index (χ1n) is 10.3. The maximum atomic E-state index is 12.5. The van der Waals surface area contributed by atoms with Crippen molar-refractivity contribution in [3.05, 3.63) is 103 Å². The normalized spacial score (nSPS) is 11.7. The first kappa shape index (κ1) is 20.4. The van der Waals surface area contributed by atoms with E-state index in [1.54, 1.807) is 13.1 Å². The first-order chi connectivity index (χ1) is 15.1. The van der Waals surface area contributed by atoms with Crippen molar-refractivity contribution >= 4 is 11.6 Å². The number of carbonyl (C=O) groups is 1. The lowest BCUT2D eigenvalue weighted by Gasteiger charge is -2.15. The Morgan fingerprint density at radius 3 is 2.29 bits per heavy atom. The molecule has 1 aromatic heterocycles. The van der Waals surface area contributed by atoms with Crippen LogP contribution in [0.3, 0.4) is 0 Å². The van der Waals surface area contributed by atoms with Crippen molar-refractivity contribution in [1.82, 2.24) is 9.55 Å². The molecule has 0 spiro atoms. The summed E-state index contributed by atoms with van der Waals surface area (Å²) in [6.07, 6.45) is 3.13. The number of aryl methyl sites for hydroxylation is 1. The van der Waals surface area contributed by atoms with Gasteiger partial charge in [-0.2, -0.15) is 0 Å². The summed E-state index contributed by atoms with van der Waals surface area (Å²) in [7, 11) is 0. The minimum Gasteiger partial charge on any atom is -0.481 e. The van der Waals surface area contributed by atoms with E-state index in [-0.39, 0.29) is 5.91 Å². The van der Waals surface area contributed by atoms with Crippen LogP contribution in [-0.2, 0) is 11.3 Å². The molecule has 1 N–H and O–H groups in total. The molecule has 0 aliphatic heterocycles. The lowest BCUT2D eigenvalue weighted by atomic mass is 10.1. The summed E-state index contributed by atoms with van der Waals surface area (Å²) >= 11 is 0.